The molecule has 90 valence electrons. The summed E-state index contributed by atoms with van der Waals surface area (Å²) < 4.78 is 0. The number of rotatable bonds is 3. The molecule has 0 spiro atoms. The van der Waals surface area contributed by atoms with Crippen molar-refractivity contribution in [3.05, 3.63) is 75.8 Å². The minimum absolute atomic E-state index is 0.00380. The number of non-ortho nitro benzene ring substituents is 1. The molecule has 2 aromatic rings. The van der Waals surface area contributed by atoms with Crippen LogP contribution in [0, 0.1) is 10.1 Å². The van der Waals surface area contributed by atoms with E-state index in [-0.39, 0.29) is 5.69 Å². The van der Waals surface area contributed by atoms with Crippen molar-refractivity contribution in [2.24, 2.45) is 5.16 Å². The normalized spacial score (nSPS) is 11.2. The van der Waals surface area contributed by atoms with E-state index in [1.165, 1.54) is 12.1 Å². The van der Waals surface area contributed by atoms with Crippen LogP contribution in [0.2, 0.25) is 0 Å². The second-order valence-corrected chi connectivity index (χ2v) is 3.62. The number of hydrogen-bond acceptors (Lipinski definition) is 4. The molecule has 5 nitrogen and oxygen atoms in total. The monoisotopic (exact) mass is 242 g/mol. The van der Waals surface area contributed by atoms with E-state index in [0.717, 1.165) is 5.56 Å². The van der Waals surface area contributed by atoms with Crippen LogP contribution in [-0.4, -0.2) is 15.8 Å². The Morgan fingerprint density at radius 1 is 1.00 bits per heavy atom. The van der Waals surface area contributed by atoms with Gasteiger partial charge in [0.25, 0.3) is 5.69 Å². The smallest absolute Gasteiger partial charge is 0.269 e. The van der Waals surface area contributed by atoms with E-state index < -0.39 is 4.92 Å². The summed E-state index contributed by atoms with van der Waals surface area (Å²) in [5.74, 6) is 0. The first-order chi connectivity index (χ1) is 8.72. The van der Waals surface area contributed by atoms with Crippen LogP contribution in [0.5, 0.6) is 0 Å². The second kappa shape index (κ2) is 5.09. The molecular formula is C13H10N2O3. The minimum atomic E-state index is -0.470. The van der Waals surface area contributed by atoms with E-state index in [4.69, 9.17) is 5.21 Å². The van der Waals surface area contributed by atoms with E-state index in [2.05, 4.69) is 5.16 Å². The largest absolute Gasteiger partial charge is 0.410 e. The van der Waals surface area contributed by atoms with Crippen LogP contribution in [0.4, 0.5) is 5.69 Å². The fourth-order valence-electron chi connectivity index (χ4n) is 1.62. The molecule has 0 amide bonds. The molecule has 0 saturated carbocycles. The number of benzene rings is 2. The molecule has 0 unspecified atom stereocenters. The van der Waals surface area contributed by atoms with Gasteiger partial charge in [0, 0.05) is 23.3 Å². The molecule has 1 N–H and O–H groups in total. The van der Waals surface area contributed by atoms with E-state index >= 15 is 0 Å². The number of hydrogen-bond donors (Lipinski definition) is 1. The molecule has 0 aliphatic heterocycles. The molecule has 0 saturated heterocycles. The molecule has 0 aromatic heterocycles. The predicted molar refractivity (Wildman–Crippen MR) is 67.0 cm³/mol. The first-order valence-corrected chi connectivity index (χ1v) is 5.24. The van der Waals surface area contributed by atoms with Crippen molar-refractivity contribution in [1.29, 1.82) is 0 Å². The lowest BCUT2D eigenvalue weighted by Crippen LogP contribution is -2.03. The summed E-state index contributed by atoms with van der Waals surface area (Å²) in [4.78, 5) is 10.1. The Hall–Kier alpha value is -2.69. The standard InChI is InChI=1S/C13H10N2O3/c16-14-13(10-4-2-1-3-5-10)11-6-8-12(9-7-11)15(17)18/h1-9,16H/b14-13+. The fourth-order valence-corrected chi connectivity index (χ4v) is 1.62. The Morgan fingerprint density at radius 3 is 2.06 bits per heavy atom. The van der Waals surface area contributed by atoms with Gasteiger partial charge >= 0.3 is 0 Å². The lowest BCUT2D eigenvalue weighted by atomic mass is 10.0. The highest BCUT2D eigenvalue weighted by atomic mass is 16.6. The van der Waals surface area contributed by atoms with Crippen molar-refractivity contribution in [2.75, 3.05) is 0 Å². The maximum Gasteiger partial charge on any atom is 0.269 e. The van der Waals surface area contributed by atoms with Crippen molar-refractivity contribution in [3.8, 4) is 0 Å². The van der Waals surface area contributed by atoms with Gasteiger partial charge in [-0.25, -0.2) is 0 Å². The average Bonchev–Trinajstić information content (AvgIpc) is 2.41. The maximum atomic E-state index is 10.5. The summed E-state index contributed by atoms with van der Waals surface area (Å²) >= 11 is 0. The SMILES string of the molecule is O=[N+]([O-])c1ccc(/C(=N/O)c2ccccc2)cc1. The third-order valence-corrected chi connectivity index (χ3v) is 2.50. The summed E-state index contributed by atoms with van der Waals surface area (Å²) in [6, 6.07) is 15.0. The second-order valence-electron chi connectivity index (χ2n) is 3.62. The fraction of sp³-hybridized carbons (Fsp3) is 0. The van der Waals surface area contributed by atoms with Gasteiger partial charge in [-0.1, -0.05) is 35.5 Å². The highest BCUT2D eigenvalue weighted by molar-refractivity contribution is 6.12. The Labute approximate surface area is 103 Å². The van der Waals surface area contributed by atoms with Gasteiger partial charge < -0.3 is 5.21 Å². The van der Waals surface area contributed by atoms with Gasteiger partial charge in [-0.05, 0) is 12.1 Å². The van der Waals surface area contributed by atoms with E-state index in [1.807, 2.05) is 18.2 Å². The summed E-state index contributed by atoms with van der Waals surface area (Å²) in [6.07, 6.45) is 0. The molecule has 0 heterocycles. The molecule has 0 atom stereocenters. The molecular weight excluding hydrogens is 232 g/mol. The van der Waals surface area contributed by atoms with Crippen molar-refractivity contribution in [3.63, 3.8) is 0 Å². The molecule has 0 bridgehead atoms. The number of nitrogens with zero attached hydrogens (tertiary/aromatic N) is 2. The van der Waals surface area contributed by atoms with Gasteiger partial charge in [0.2, 0.25) is 0 Å². The summed E-state index contributed by atoms with van der Waals surface area (Å²) in [5, 5.41) is 22.9. The van der Waals surface area contributed by atoms with Gasteiger partial charge in [0.15, 0.2) is 0 Å². The molecule has 0 fully saturated rings. The molecule has 0 radical (unpaired) electrons. The molecule has 0 aliphatic rings. The zero-order valence-corrected chi connectivity index (χ0v) is 9.35. The zero-order chi connectivity index (χ0) is 13.0. The first-order valence-electron chi connectivity index (χ1n) is 5.24. The lowest BCUT2D eigenvalue weighted by molar-refractivity contribution is -0.384. The quantitative estimate of drug-likeness (QED) is 0.389. The van der Waals surface area contributed by atoms with Crippen LogP contribution in [0.15, 0.2) is 59.8 Å². The van der Waals surface area contributed by atoms with Crippen LogP contribution < -0.4 is 0 Å². The van der Waals surface area contributed by atoms with Crippen molar-refractivity contribution < 1.29 is 10.1 Å². The van der Waals surface area contributed by atoms with Crippen LogP contribution in [0.25, 0.3) is 0 Å². The number of nitro groups is 1. The van der Waals surface area contributed by atoms with E-state index in [9.17, 15) is 10.1 Å². The Morgan fingerprint density at radius 2 is 1.56 bits per heavy atom. The van der Waals surface area contributed by atoms with Gasteiger partial charge in [0.05, 0.1) is 4.92 Å². The highest BCUT2D eigenvalue weighted by Gasteiger charge is 2.10. The number of nitro benzene ring substituents is 1. The van der Waals surface area contributed by atoms with Crippen LogP contribution in [0.1, 0.15) is 11.1 Å². The Balaban J connectivity index is 2.38. The predicted octanol–water partition coefficient (Wildman–Crippen LogP) is 2.82. The van der Waals surface area contributed by atoms with Crippen molar-refractivity contribution >= 4 is 11.4 Å². The molecule has 2 aromatic carbocycles. The molecule has 0 aliphatic carbocycles. The summed E-state index contributed by atoms with van der Waals surface area (Å²) in [5.41, 5.74) is 1.75. The minimum Gasteiger partial charge on any atom is -0.410 e. The van der Waals surface area contributed by atoms with Gasteiger partial charge in [0.1, 0.15) is 5.71 Å². The third-order valence-electron chi connectivity index (χ3n) is 2.50. The zero-order valence-electron chi connectivity index (χ0n) is 9.35. The van der Waals surface area contributed by atoms with E-state index in [1.54, 1.807) is 24.3 Å². The van der Waals surface area contributed by atoms with Crippen LogP contribution in [0.3, 0.4) is 0 Å². The van der Waals surface area contributed by atoms with Gasteiger partial charge in [-0.2, -0.15) is 0 Å². The highest BCUT2D eigenvalue weighted by Crippen LogP contribution is 2.15. The third kappa shape index (κ3) is 2.35. The first kappa shape index (κ1) is 11.8. The van der Waals surface area contributed by atoms with E-state index in [0.29, 0.717) is 11.3 Å². The van der Waals surface area contributed by atoms with Crippen molar-refractivity contribution in [2.45, 2.75) is 0 Å². The maximum absolute atomic E-state index is 10.5. The topological polar surface area (TPSA) is 75.7 Å². The lowest BCUT2D eigenvalue weighted by Gasteiger charge is -2.04. The van der Waals surface area contributed by atoms with Crippen molar-refractivity contribution in [1.82, 2.24) is 0 Å². The number of oxime groups is 1. The Bertz CT molecular complexity index is 577. The molecule has 5 heteroatoms. The van der Waals surface area contributed by atoms with Gasteiger partial charge in [-0.3, -0.25) is 10.1 Å². The van der Waals surface area contributed by atoms with Crippen LogP contribution >= 0.6 is 0 Å². The summed E-state index contributed by atoms with van der Waals surface area (Å²) in [7, 11) is 0. The average molecular weight is 242 g/mol. The molecule has 2 rings (SSSR count). The molecule has 18 heavy (non-hydrogen) atoms. The Kier molecular flexibility index (Phi) is 3.33. The van der Waals surface area contributed by atoms with Gasteiger partial charge in [-0.15, -0.1) is 0 Å². The van der Waals surface area contributed by atoms with Crippen LogP contribution in [-0.2, 0) is 0 Å². The summed E-state index contributed by atoms with van der Waals surface area (Å²) in [6.45, 7) is 0.